The van der Waals surface area contributed by atoms with Gasteiger partial charge in [-0.2, -0.15) is 0 Å². The Hall–Kier alpha value is -1.69. The lowest BCUT2D eigenvalue weighted by molar-refractivity contribution is 0.0296. The molecule has 1 heterocycles. The number of anilines is 1. The third-order valence-corrected chi connectivity index (χ3v) is 3.54. The van der Waals surface area contributed by atoms with E-state index in [1.807, 2.05) is 13.8 Å². The van der Waals surface area contributed by atoms with Crippen molar-refractivity contribution in [1.29, 1.82) is 0 Å². The van der Waals surface area contributed by atoms with Gasteiger partial charge in [-0.15, -0.1) is 0 Å². The number of carboxylic acids is 1. The van der Waals surface area contributed by atoms with Crippen LogP contribution in [0.3, 0.4) is 0 Å². The largest absolute Gasteiger partial charge is 0.478 e. The molecule has 0 amide bonds. The van der Waals surface area contributed by atoms with E-state index in [1.54, 1.807) is 4.90 Å². The number of ether oxygens (including phenoxy) is 1. The molecule has 0 saturated carbocycles. The van der Waals surface area contributed by atoms with E-state index in [-0.39, 0.29) is 17.8 Å². The molecule has 1 saturated heterocycles. The molecule has 110 valence electrons. The molecule has 1 aromatic carbocycles. The predicted octanol–water partition coefficient (Wildman–Crippen LogP) is 2.67. The smallest absolute Gasteiger partial charge is 0.338 e. The first kappa shape index (κ1) is 14.7. The molecule has 2 rings (SSSR count). The summed E-state index contributed by atoms with van der Waals surface area (Å²) in [5, 5.41) is 8.79. The van der Waals surface area contributed by atoms with Gasteiger partial charge in [0.1, 0.15) is 0 Å². The van der Waals surface area contributed by atoms with E-state index in [4.69, 9.17) is 9.84 Å². The Morgan fingerprint density at radius 2 is 2.15 bits per heavy atom. The van der Waals surface area contributed by atoms with E-state index >= 15 is 0 Å². The fourth-order valence-electron chi connectivity index (χ4n) is 2.40. The Balaban J connectivity index is 2.41. The van der Waals surface area contributed by atoms with Crippen molar-refractivity contribution < 1.29 is 23.4 Å². The van der Waals surface area contributed by atoms with Gasteiger partial charge >= 0.3 is 5.97 Å². The summed E-state index contributed by atoms with van der Waals surface area (Å²) in [6, 6.07) is 2.38. The zero-order valence-corrected chi connectivity index (χ0v) is 11.4. The van der Waals surface area contributed by atoms with Crippen molar-refractivity contribution in [2.45, 2.75) is 32.4 Å². The second-order valence-corrected chi connectivity index (χ2v) is 4.92. The number of nitrogens with zero attached hydrogens (tertiary/aromatic N) is 1. The SMILES string of the molecule is CCC1COC(C)CN1c1ccc(C(=O)O)c(F)c1F. The minimum absolute atomic E-state index is 0.0456. The lowest BCUT2D eigenvalue weighted by Gasteiger charge is -2.40. The summed E-state index contributed by atoms with van der Waals surface area (Å²) < 4.78 is 33.4. The standard InChI is InChI=1S/C14H17F2NO3/c1-3-9-7-20-8(2)6-17(9)11-5-4-10(14(18)19)12(15)13(11)16/h4-5,8-9H,3,6-7H2,1-2H3,(H,18,19). The van der Waals surface area contributed by atoms with Gasteiger partial charge in [-0.3, -0.25) is 0 Å². The van der Waals surface area contributed by atoms with Crippen molar-refractivity contribution in [1.82, 2.24) is 0 Å². The van der Waals surface area contributed by atoms with Crippen molar-refractivity contribution in [2.75, 3.05) is 18.1 Å². The highest BCUT2D eigenvalue weighted by atomic mass is 19.2. The van der Waals surface area contributed by atoms with Crippen molar-refractivity contribution in [2.24, 2.45) is 0 Å². The number of rotatable bonds is 3. The van der Waals surface area contributed by atoms with Gasteiger partial charge in [0.25, 0.3) is 0 Å². The second kappa shape index (κ2) is 5.75. The van der Waals surface area contributed by atoms with Crippen molar-refractivity contribution >= 4 is 11.7 Å². The molecule has 0 spiro atoms. The molecule has 1 fully saturated rings. The molecule has 1 N–H and O–H groups in total. The minimum Gasteiger partial charge on any atom is -0.478 e. The van der Waals surface area contributed by atoms with Gasteiger partial charge in [0, 0.05) is 6.54 Å². The number of morpholine rings is 1. The van der Waals surface area contributed by atoms with Gasteiger partial charge < -0.3 is 14.7 Å². The Labute approximate surface area is 116 Å². The number of carbonyl (C=O) groups is 1. The summed E-state index contributed by atoms with van der Waals surface area (Å²) in [5.74, 6) is -3.91. The molecule has 2 atom stereocenters. The average molecular weight is 285 g/mol. The molecule has 0 bridgehead atoms. The van der Waals surface area contributed by atoms with E-state index in [0.29, 0.717) is 13.2 Å². The number of halogens is 2. The van der Waals surface area contributed by atoms with Crippen molar-refractivity contribution in [3.05, 3.63) is 29.3 Å². The molecule has 0 aliphatic carbocycles. The van der Waals surface area contributed by atoms with Crippen LogP contribution < -0.4 is 4.90 Å². The van der Waals surface area contributed by atoms with Gasteiger partial charge in [-0.05, 0) is 25.5 Å². The summed E-state index contributed by atoms with van der Waals surface area (Å²) >= 11 is 0. The van der Waals surface area contributed by atoms with Crippen LogP contribution in [0.4, 0.5) is 14.5 Å². The minimum atomic E-state index is -1.48. The van der Waals surface area contributed by atoms with Crippen LogP contribution >= 0.6 is 0 Å². The Morgan fingerprint density at radius 1 is 1.45 bits per heavy atom. The highest BCUT2D eigenvalue weighted by Crippen LogP contribution is 2.29. The zero-order valence-electron chi connectivity index (χ0n) is 11.4. The topological polar surface area (TPSA) is 49.8 Å². The predicted molar refractivity (Wildman–Crippen MR) is 70.2 cm³/mol. The molecule has 1 aliphatic heterocycles. The molecule has 6 heteroatoms. The summed E-state index contributed by atoms with van der Waals surface area (Å²) in [5.41, 5.74) is -0.560. The molecular formula is C14H17F2NO3. The first-order valence-electron chi connectivity index (χ1n) is 6.55. The van der Waals surface area contributed by atoms with Crippen LogP contribution in [0, 0.1) is 11.6 Å². The molecule has 1 aromatic rings. The van der Waals surface area contributed by atoms with Gasteiger partial charge in [-0.25, -0.2) is 13.6 Å². The maximum absolute atomic E-state index is 14.1. The molecule has 4 nitrogen and oxygen atoms in total. The molecule has 2 unspecified atom stereocenters. The Bertz CT molecular complexity index is 521. The number of benzene rings is 1. The molecule has 0 radical (unpaired) electrons. The number of aromatic carboxylic acids is 1. The van der Waals surface area contributed by atoms with Crippen molar-refractivity contribution in [3.8, 4) is 0 Å². The fourth-order valence-corrected chi connectivity index (χ4v) is 2.40. The molecule has 20 heavy (non-hydrogen) atoms. The Morgan fingerprint density at radius 3 is 2.75 bits per heavy atom. The summed E-state index contributed by atoms with van der Waals surface area (Å²) in [6.07, 6.45) is 0.647. The summed E-state index contributed by atoms with van der Waals surface area (Å²) in [4.78, 5) is 12.5. The lowest BCUT2D eigenvalue weighted by Crippen LogP contribution is -2.49. The number of hydrogen-bond donors (Lipinski definition) is 1. The Kier molecular flexibility index (Phi) is 4.23. The number of carboxylic acid groups (broad SMARTS) is 1. The normalized spacial score (nSPS) is 22.9. The highest BCUT2D eigenvalue weighted by molar-refractivity contribution is 5.88. The van der Waals surface area contributed by atoms with E-state index < -0.39 is 23.2 Å². The average Bonchev–Trinajstić information content (AvgIpc) is 2.41. The van der Waals surface area contributed by atoms with E-state index in [0.717, 1.165) is 12.5 Å². The zero-order chi connectivity index (χ0) is 14.9. The van der Waals surface area contributed by atoms with Crippen LogP contribution in [0.1, 0.15) is 30.6 Å². The van der Waals surface area contributed by atoms with E-state index in [2.05, 4.69) is 0 Å². The summed E-state index contributed by atoms with van der Waals surface area (Å²) in [6.45, 7) is 4.69. The quantitative estimate of drug-likeness (QED) is 0.927. The van der Waals surface area contributed by atoms with E-state index in [9.17, 15) is 13.6 Å². The van der Waals surface area contributed by atoms with E-state index in [1.165, 1.54) is 6.07 Å². The summed E-state index contributed by atoms with van der Waals surface area (Å²) in [7, 11) is 0. The second-order valence-electron chi connectivity index (χ2n) is 4.92. The van der Waals surface area contributed by atoms with Gasteiger partial charge in [0.05, 0.1) is 30.0 Å². The third kappa shape index (κ3) is 2.60. The third-order valence-electron chi connectivity index (χ3n) is 3.54. The van der Waals surface area contributed by atoms with Gasteiger partial charge in [0.15, 0.2) is 11.6 Å². The first-order valence-corrected chi connectivity index (χ1v) is 6.55. The monoisotopic (exact) mass is 285 g/mol. The maximum atomic E-state index is 14.1. The lowest BCUT2D eigenvalue weighted by atomic mass is 10.1. The first-order chi connectivity index (χ1) is 9.45. The van der Waals surface area contributed by atoms with Crippen LogP contribution in [0.5, 0.6) is 0 Å². The van der Waals surface area contributed by atoms with Crippen LogP contribution in [0.2, 0.25) is 0 Å². The van der Waals surface area contributed by atoms with Crippen LogP contribution in [-0.2, 0) is 4.74 Å². The van der Waals surface area contributed by atoms with Crippen molar-refractivity contribution in [3.63, 3.8) is 0 Å². The van der Waals surface area contributed by atoms with Gasteiger partial charge in [-0.1, -0.05) is 6.92 Å². The fraction of sp³-hybridized carbons (Fsp3) is 0.500. The van der Waals surface area contributed by atoms with Crippen LogP contribution in [0.25, 0.3) is 0 Å². The molecular weight excluding hydrogens is 268 g/mol. The highest BCUT2D eigenvalue weighted by Gasteiger charge is 2.29. The molecule has 0 aromatic heterocycles. The molecule has 1 aliphatic rings. The van der Waals surface area contributed by atoms with Crippen LogP contribution in [-0.4, -0.2) is 36.4 Å². The van der Waals surface area contributed by atoms with Crippen LogP contribution in [0.15, 0.2) is 12.1 Å². The maximum Gasteiger partial charge on any atom is 0.338 e. The number of hydrogen-bond acceptors (Lipinski definition) is 3. The van der Waals surface area contributed by atoms with Gasteiger partial charge in [0.2, 0.25) is 0 Å².